The Labute approximate surface area is 200 Å². The number of carbonyl (C=O) groups excluding carboxylic acids is 1. The largest absolute Gasteiger partial charge is 0.464 e. The minimum absolute atomic E-state index is 0.185. The van der Waals surface area contributed by atoms with Crippen LogP contribution in [-0.2, 0) is 11.8 Å². The van der Waals surface area contributed by atoms with E-state index >= 15 is 0 Å². The Kier molecular flexibility index (Phi) is 5.96. The number of hydrogen-bond acceptors (Lipinski definition) is 8. The first kappa shape index (κ1) is 21.9. The van der Waals surface area contributed by atoms with Crippen LogP contribution in [0, 0.1) is 0 Å². The molecule has 0 fully saturated rings. The smallest absolute Gasteiger partial charge is 0.356 e. The van der Waals surface area contributed by atoms with Gasteiger partial charge in [-0.25, -0.2) is 19.4 Å². The maximum absolute atomic E-state index is 11.8. The number of carbonyl (C=O) groups is 1. The SMILES string of the molecule is COC(=O)c1cc(Nc2nn(C)c3nccc(Oc4ccc(Oc5ccccc5)cc4)c23)ccn1. The number of fused-ring (bicyclic) bond motifs is 1. The van der Waals surface area contributed by atoms with E-state index in [4.69, 9.17) is 14.2 Å². The molecule has 0 unspecified atom stereocenters. The minimum atomic E-state index is -0.523. The van der Waals surface area contributed by atoms with E-state index in [0.717, 1.165) is 5.75 Å². The van der Waals surface area contributed by atoms with Crippen molar-refractivity contribution in [1.29, 1.82) is 0 Å². The number of esters is 1. The number of pyridine rings is 2. The van der Waals surface area contributed by atoms with Gasteiger partial charge in [0.05, 0.1) is 7.11 Å². The van der Waals surface area contributed by atoms with Crippen molar-refractivity contribution >= 4 is 28.5 Å². The molecule has 0 aliphatic heterocycles. The van der Waals surface area contributed by atoms with Crippen LogP contribution in [0.4, 0.5) is 11.5 Å². The highest BCUT2D eigenvalue weighted by molar-refractivity contribution is 5.95. The monoisotopic (exact) mass is 467 g/mol. The maximum atomic E-state index is 11.8. The summed E-state index contributed by atoms with van der Waals surface area (Å²) >= 11 is 0. The molecular formula is C26H21N5O4. The molecule has 5 aromatic rings. The molecule has 2 aromatic carbocycles. The van der Waals surface area contributed by atoms with Gasteiger partial charge in [0.2, 0.25) is 0 Å². The molecule has 9 nitrogen and oxygen atoms in total. The molecule has 0 saturated heterocycles. The highest BCUT2D eigenvalue weighted by Crippen LogP contribution is 2.35. The number of nitrogens with zero attached hydrogens (tertiary/aromatic N) is 4. The van der Waals surface area contributed by atoms with Gasteiger partial charge in [0.15, 0.2) is 11.5 Å². The third-order valence-corrected chi connectivity index (χ3v) is 5.13. The van der Waals surface area contributed by atoms with Gasteiger partial charge in [-0.15, -0.1) is 0 Å². The predicted molar refractivity (Wildman–Crippen MR) is 130 cm³/mol. The number of methoxy groups -OCH3 is 1. The van der Waals surface area contributed by atoms with Crippen LogP contribution in [-0.4, -0.2) is 32.8 Å². The zero-order chi connectivity index (χ0) is 24.2. The summed E-state index contributed by atoms with van der Waals surface area (Å²) in [6.07, 6.45) is 3.19. The standard InChI is InChI=1S/C26H21N5O4/c1-31-25-23(24(30-31)29-17-12-14-27-21(16-17)26(32)33-2)22(13-15-28-25)35-20-10-8-19(9-11-20)34-18-6-4-3-5-7-18/h3-16H,1-2H3,(H,27,29,30). The minimum Gasteiger partial charge on any atom is -0.464 e. The number of rotatable bonds is 7. The second-order valence-electron chi connectivity index (χ2n) is 7.51. The van der Waals surface area contributed by atoms with Crippen molar-refractivity contribution in [1.82, 2.24) is 19.7 Å². The molecular weight excluding hydrogens is 446 g/mol. The fourth-order valence-corrected chi connectivity index (χ4v) is 3.51. The van der Waals surface area contributed by atoms with Crippen molar-refractivity contribution in [3.8, 4) is 23.0 Å². The molecule has 3 aromatic heterocycles. The summed E-state index contributed by atoms with van der Waals surface area (Å²) in [5.74, 6) is 2.66. The summed E-state index contributed by atoms with van der Waals surface area (Å²) in [6, 6.07) is 22.0. The third kappa shape index (κ3) is 4.74. The Morgan fingerprint density at radius 2 is 1.54 bits per heavy atom. The number of hydrogen-bond donors (Lipinski definition) is 1. The summed E-state index contributed by atoms with van der Waals surface area (Å²) in [7, 11) is 3.11. The second-order valence-corrected chi connectivity index (χ2v) is 7.51. The summed E-state index contributed by atoms with van der Waals surface area (Å²) in [6.45, 7) is 0. The number of nitrogens with one attached hydrogen (secondary N) is 1. The number of benzene rings is 2. The quantitative estimate of drug-likeness (QED) is 0.314. The van der Waals surface area contributed by atoms with Crippen LogP contribution >= 0.6 is 0 Å². The first-order valence-corrected chi connectivity index (χ1v) is 10.7. The zero-order valence-corrected chi connectivity index (χ0v) is 19.0. The van der Waals surface area contributed by atoms with Crippen LogP contribution < -0.4 is 14.8 Å². The average Bonchev–Trinajstić information content (AvgIpc) is 3.21. The van der Waals surface area contributed by atoms with Crippen molar-refractivity contribution < 1.29 is 19.0 Å². The highest BCUT2D eigenvalue weighted by atomic mass is 16.5. The predicted octanol–water partition coefficient (Wildman–Crippen LogP) is 5.48. The van der Waals surface area contributed by atoms with Crippen molar-refractivity contribution in [2.45, 2.75) is 0 Å². The Bertz CT molecular complexity index is 1480. The number of aromatic nitrogens is 4. The van der Waals surface area contributed by atoms with Crippen LogP contribution in [0.15, 0.2) is 85.2 Å². The van der Waals surface area contributed by atoms with E-state index in [-0.39, 0.29) is 5.69 Å². The first-order chi connectivity index (χ1) is 17.1. The molecule has 1 N–H and O–H groups in total. The van der Waals surface area contributed by atoms with Crippen molar-refractivity contribution in [3.63, 3.8) is 0 Å². The van der Waals surface area contributed by atoms with Gasteiger partial charge >= 0.3 is 5.97 Å². The second kappa shape index (κ2) is 9.52. The summed E-state index contributed by atoms with van der Waals surface area (Å²) in [5.41, 5.74) is 1.44. The molecule has 0 aliphatic carbocycles. The summed E-state index contributed by atoms with van der Waals surface area (Å²) in [5, 5.41) is 8.47. The topological polar surface area (TPSA) is 100 Å². The Hall–Kier alpha value is -4.92. The van der Waals surface area contributed by atoms with Gasteiger partial charge in [0.25, 0.3) is 0 Å². The molecule has 174 valence electrons. The average molecular weight is 467 g/mol. The Morgan fingerprint density at radius 1 is 0.857 bits per heavy atom. The molecule has 35 heavy (non-hydrogen) atoms. The first-order valence-electron chi connectivity index (χ1n) is 10.7. The van der Waals surface area contributed by atoms with E-state index in [2.05, 4.69) is 20.4 Å². The molecule has 0 amide bonds. The number of anilines is 2. The maximum Gasteiger partial charge on any atom is 0.356 e. The van der Waals surface area contributed by atoms with Crippen molar-refractivity contribution in [2.24, 2.45) is 7.05 Å². The number of ether oxygens (including phenoxy) is 3. The Morgan fingerprint density at radius 3 is 2.29 bits per heavy atom. The van der Waals surface area contributed by atoms with E-state index < -0.39 is 5.97 Å². The molecule has 9 heteroatoms. The molecule has 0 spiro atoms. The molecule has 0 saturated carbocycles. The van der Waals surface area contributed by atoms with Gasteiger partial charge in [-0.3, -0.25) is 0 Å². The van der Waals surface area contributed by atoms with Crippen molar-refractivity contribution in [3.05, 3.63) is 90.9 Å². The van der Waals surface area contributed by atoms with Crippen LogP contribution in [0.3, 0.4) is 0 Å². The lowest BCUT2D eigenvalue weighted by Gasteiger charge is -2.10. The fraction of sp³-hybridized carbons (Fsp3) is 0.0769. The zero-order valence-electron chi connectivity index (χ0n) is 19.0. The van der Waals surface area contributed by atoms with Gasteiger partial charge in [0, 0.05) is 31.2 Å². The van der Waals surface area contributed by atoms with E-state index in [1.807, 2.05) is 54.6 Å². The fourth-order valence-electron chi connectivity index (χ4n) is 3.51. The van der Waals surface area contributed by atoms with E-state index in [9.17, 15) is 4.79 Å². The van der Waals surface area contributed by atoms with Crippen LogP contribution in [0.5, 0.6) is 23.0 Å². The van der Waals surface area contributed by atoms with Crippen LogP contribution in [0.1, 0.15) is 10.5 Å². The lowest BCUT2D eigenvalue weighted by atomic mass is 10.2. The molecule has 5 rings (SSSR count). The molecule has 0 atom stereocenters. The molecule has 0 bridgehead atoms. The lowest BCUT2D eigenvalue weighted by molar-refractivity contribution is 0.0594. The van der Waals surface area contributed by atoms with Crippen LogP contribution in [0.25, 0.3) is 11.0 Å². The van der Waals surface area contributed by atoms with Gasteiger partial charge in [0.1, 0.15) is 34.1 Å². The molecule has 3 heterocycles. The van der Waals surface area contributed by atoms with Gasteiger partial charge in [-0.1, -0.05) is 18.2 Å². The highest BCUT2D eigenvalue weighted by Gasteiger charge is 2.17. The summed E-state index contributed by atoms with van der Waals surface area (Å²) < 4.78 is 18.5. The third-order valence-electron chi connectivity index (χ3n) is 5.13. The number of aryl methyl sites for hydroxylation is 1. The molecule has 0 aliphatic rings. The molecule has 0 radical (unpaired) electrons. The van der Waals surface area contributed by atoms with Gasteiger partial charge in [-0.05, 0) is 48.5 Å². The number of para-hydroxylation sites is 1. The Balaban J connectivity index is 1.42. The van der Waals surface area contributed by atoms with Gasteiger partial charge < -0.3 is 19.5 Å². The normalized spacial score (nSPS) is 10.7. The van der Waals surface area contributed by atoms with E-state index in [1.54, 1.807) is 36.1 Å². The summed E-state index contributed by atoms with van der Waals surface area (Å²) in [4.78, 5) is 20.3. The van der Waals surface area contributed by atoms with Gasteiger partial charge in [-0.2, -0.15) is 5.10 Å². The van der Waals surface area contributed by atoms with Crippen LogP contribution in [0.2, 0.25) is 0 Å². The lowest BCUT2D eigenvalue weighted by Crippen LogP contribution is -2.04. The van der Waals surface area contributed by atoms with E-state index in [0.29, 0.717) is 39.8 Å². The van der Waals surface area contributed by atoms with Crippen molar-refractivity contribution in [2.75, 3.05) is 12.4 Å². The van der Waals surface area contributed by atoms with E-state index in [1.165, 1.54) is 13.3 Å².